The number of hydrogen-bond donors (Lipinski definition) is 2. The fourth-order valence-corrected chi connectivity index (χ4v) is 1.18. The predicted octanol–water partition coefficient (Wildman–Crippen LogP) is 1.82. The summed E-state index contributed by atoms with van der Waals surface area (Å²) in [6.07, 6.45) is 3.12. The van der Waals surface area contributed by atoms with Crippen molar-refractivity contribution >= 4 is 16.9 Å². The Bertz CT molecular complexity index is 485. The molecule has 5 heteroatoms. The zero-order valence-electron chi connectivity index (χ0n) is 7.92. The summed E-state index contributed by atoms with van der Waals surface area (Å²) in [5.74, 6) is 0. The second-order valence-corrected chi connectivity index (χ2v) is 2.84. The van der Waals surface area contributed by atoms with Crippen LogP contribution in [0.4, 0.5) is 6.01 Å². The summed E-state index contributed by atoms with van der Waals surface area (Å²) in [6, 6.07) is 10.4. The monoisotopic (exact) mass is 202 g/mol. The number of aromatic nitrogens is 3. The summed E-state index contributed by atoms with van der Waals surface area (Å²) in [6.45, 7) is 0. The number of nitrogens with two attached hydrogens (primary N) is 1. The Morgan fingerprint density at radius 2 is 2.07 bits per heavy atom. The molecule has 3 N–H and O–H groups in total. The third kappa shape index (κ3) is 2.34. The van der Waals surface area contributed by atoms with E-state index in [4.69, 9.17) is 5.73 Å². The lowest BCUT2D eigenvalue weighted by Crippen LogP contribution is -1.81. The van der Waals surface area contributed by atoms with E-state index in [0.29, 0.717) is 0 Å². The number of nitrogen functional groups attached to an aromatic ring is 1. The first kappa shape index (κ1) is 9.26. The zero-order chi connectivity index (χ0) is 10.5. The molecular formula is C10H10N4O. The minimum atomic E-state index is 0.106. The van der Waals surface area contributed by atoms with Crippen molar-refractivity contribution in [3.8, 4) is 0 Å². The van der Waals surface area contributed by atoms with Gasteiger partial charge in [-0.2, -0.15) is 0 Å². The van der Waals surface area contributed by atoms with Crippen LogP contribution in [0, 0.1) is 0 Å². The molecule has 3 rings (SSSR count). The summed E-state index contributed by atoms with van der Waals surface area (Å²) in [4.78, 5) is 3.12. The minimum Gasteiger partial charge on any atom is -0.411 e. The molecule has 0 saturated carbocycles. The van der Waals surface area contributed by atoms with E-state index in [1.54, 1.807) is 0 Å². The maximum Gasteiger partial charge on any atom is 0.312 e. The molecule has 0 unspecified atom stereocenters. The van der Waals surface area contributed by atoms with Crippen molar-refractivity contribution in [2.45, 2.75) is 0 Å². The number of para-hydroxylation sites is 1. The van der Waals surface area contributed by atoms with Crippen molar-refractivity contribution < 1.29 is 4.42 Å². The molecule has 0 radical (unpaired) electrons. The molecule has 3 aromatic rings. The zero-order valence-corrected chi connectivity index (χ0v) is 7.92. The van der Waals surface area contributed by atoms with Gasteiger partial charge in [0.05, 0.1) is 0 Å². The van der Waals surface area contributed by atoms with Crippen LogP contribution in [-0.4, -0.2) is 15.2 Å². The molecule has 0 aliphatic rings. The molecule has 0 spiro atoms. The fourth-order valence-electron chi connectivity index (χ4n) is 1.18. The van der Waals surface area contributed by atoms with Gasteiger partial charge in [0, 0.05) is 11.7 Å². The number of nitrogens with one attached hydrogen (secondary N) is 1. The van der Waals surface area contributed by atoms with Gasteiger partial charge in [0.15, 0.2) is 0 Å². The Labute approximate surface area is 85.9 Å². The SMILES string of the molecule is Nc1nnco1.c1ccc2[nH]ccc2c1. The molecular weight excluding hydrogens is 192 g/mol. The van der Waals surface area contributed by atoms with Crippen LogP contribution < -0.4 is 5.73 Å². The summed E-state index contributed by atoms with van der Waals surface area (Å²) in [7, 11) is 0. The first-order chi connectivity index (χ1) is 7.36. The van der Waals surface area contributed by atoms with Crippen LogP contribution in [0.1, 0.15) is 0 Å². The second-order valence-electron chi connectivity index (χ2n) is 2.84. The average Bonchev–Trinajstić information content (AvgIpc) is 2.88. The van der Waals surface area contributed by atoms with E-state index in [9.17, 15) is 0 Å². The van der Waals surface area contributed by atoms with Crippen molar-refractivity contribution in [1.82, 2.24) is 15.2 Å². The smallest absolute Gasteiger partial charge is 0.312 e. The van der Waals surface area contributed by atoms with Crippen LogP contribution in [-0.2, 0) is 0 Å². The predicted molar refractivity (Wildman–Crippen MR) is 57.0 cm³/mol. The Morgan fingerprint density at radius 1 is 1.20 bits per heavy atom. The number of rotatable bonds is 0. The number of anilines is 1. The van der Waals surface area contributed by atoms with E-state index in [0.717, 1.165) is 0 Å². The van der Waals surface area contributed by atoms with Crippen LogP contribution in [0.3, 0.4) is 0 Å². The number of benzene rings is 1. The van der Waals surface area contributed by atoms with Gasteiger partial charge in [-0.1, -0.05) is 23.3 Å². The molecule has 0 atom stereocenters. The molecule has 76 valence electrons. The van der Waals surface area contributed by atoms with Crippen LogP contribution in [0.5, 0.6) is 0 Å². The van der Waals surface area contributed by atoms with E-state index in [-0.39, 0.29) is 6.01 Å². The summed E-state index contributed by atoms with van der Waals surface area (Å²) < 4.78 is 4.39. The van der Waals surface area contributed by atoms with Gasteiger partial charge in [-0.15, -0.1) is 5.10 Å². The maximum atomic E-state index is 4.94. The number of H-pyrrole nitrogens is 1. The average molecular weight is 202 g/mol. The first-order valence-corrected chi connectivity index (χ1v) is 4.40. The minimum absolute atomic E-state index is 0.106. The summed E-state index contributed by atoms with van der Waals surface area (Å²) >= 11 is 0. The Balaban J connectivity index is 0.000000124. The van der Waals surface area contributed by atoms with Crippen molar-refractivity contribution in [1.29, 1.82) is 0 Å². The molecule has 0 aliphatic carbocycles. The Hall–Kier alpha value is -2.30. The lowest BCUT2D eigenvalue weighted by atomic mass is 10.3. The van der Waals surface area contributed by atoms with E-state index in [1.807, 2.05) is 18.3 Å². The number of fused-ring (bicyclic) bond motifs is 1. The van der Waals surface area contributed by atoms with Gasteiger partial charge >= 0.3 is 6.01 Å². The van der Waals surface area contributed by atoms with Gasteiger partial charge in [0.1, 0.15) is 0 Å². The molecule has 2 heterocycles. The highest BCUT2D eigenvalue weighted by molar-refractivity contribution is 5.78. The highest BCUT2D eigenvalue weighted by Crippen LogP contribution is 2.09. The van der Waals surface area contributed by atoms with E-state index < -0.39 is 0 Å². The molecule has 0 amide bonds. The standard InChI is InChI=1S/C8H7N.C2H3N3O/c1-2-4-8-7(3-1)5-6-9-8;3-2-5-4-1-6-2/h1-6,9H;1H,(H2,3,5). The summed E-state index contributed by atoms with van der Waals surface area (Å²) in [5.41, 5.74) is 6.14. The van der Waals surface area contributed by atoms with Gasteiger partial charge in [0.25, 0.3) is 0 Å². The molecule has 15 heavy (non-hydrogen) atoms. The lowest BCUT2D eigenvalue weighted by molar-refractivity contribution is 0.574. The van der Waals surface area contributed by atoms with Gasteiger partial charge < -0.3 is 15.1 Å². The van der Waals surface area contributed by atoms with Crippen molar-refractivity contribution in [2.24, 2.45) is 0 Å². The highest BCUT2D eigenvalue weighted by atomic mass is 16.4. The van der Waals surface area contributed by atoms with Gasteiger partial charge in [-0.25, -0.2) is 0 Å². The number of hydrogen-bond acceptors (Lipinski definition) is 4. The van der Waals surface area contributed by atoms with Crippen LogP contribution in [0.2, 0.25) is 0 Å². The van der Waals surface area contributed by atoms with E-state index >= 15 is 0 Å². The molecule has 0 bridgehead atoms. The lowest BCUT2D eigenvalue weighted by Gasteiger charge is -1.83. The molecule has 1 aromatic carbocycles. The van der Waals surface area contributed by atoms with Gasteiger partial charge in [0.2, 0.25) is 6.39 Å². The first-order valence-electron chi connectivity index (χ1n) is 4.40. The quantitative estimate of drug-likeness (QED) is 0.582. The van der Waals surface area contributed by atoms with Crippen LogP contribution in [0.15, 0.2) is 47.3 Å². The van der Waals surface area contributed by atoms with Gasteiger partial charge in [-0.3, -0.25) is 0 Å². The normalized spacial score (nSPS) is 9.60. The molecule has 0 saturated heterocycles. The van der Waals surface area contributed by atoms with Crippen LogP contribution in [0.25, 0.3) is 10.9 Å². The fraction of sp³-hybridized carbons (Fsp3) is 0. The third-order valence-corrected chi connectivity index (χ3v) is 1.84. The second kappa shape index (κ2) is 4.28. The largest absolute Gasteiger partial charge is 0.411 e. The topological polar surface area (TPSA) is 80.7 Å². The van der Waals surface area contributed by atoms with E-state index in [1.165, 1.54) is 17.3 Å². The maximum absolute atomic E-state index is 4.94. The third-order valence-electron chi connectivity index (χ3n) is 1.84. The Kier molecular flexibility index (Phi) is 2.64. The molecule has 5 nitrogen and oxygen atoms in total. The van der Waals surface area contributed by atoms with Crippen molar-refractivity contribution in [3.63, 3.8) is 0 Å². The molecule has 0 aliphatic heterocycles. The highest BCUT2D eigenvalue weighted by Gasteiger charge is 1.86. The number of aromatic amines is 1. The van der Waals surface area contributed by atoms with Crippen molar-refractivity contribution in [2.75, 3.05) is 5.73 Å². The number of nitrogens with zero attached hydrogens (tertiary/aromatic N) is 2. The molecule has 0 fully saturated rings. The molecule has 2 aromatic heterocycles. The van der Waals surface area contributed by atoms with E-state index in [2.05, 4.69) is 37.8 Å². The van der Waals surface area contributed by atoms with Gasteiger partial charge in [-0.05, 0) is 17.5 Å². The van der Waals surface area contributed by atoms with Crippen molar-refractivity contribution in [3.05, 3.63) is 42.9 Å². The Morgan fingerprint density at radius 3 is 2.67 bits per heavy atom. The van der Waals surface area contributed by atoms with Crippen LogP contribution >= 0.6 is 0 Å². The summed E-state index contributed by atoms with van der Waals surface area (Å²) in [5, 5.41) is 7.83.